The molecule has 34 heavy (non-hydrogen) atoms. The SMILES string of the molecule is COc1cc2c(cc1OCC(=O)N1CCOCC1)CCN1C[C@H](c3cccc(C)c3)[C@@H](N)C[C@@H]21. The van der Waals surface area contributed by atoms with Gasteiger partial charge in [0.05, 0.1) is 20.3 Å². The number of hydrogen-bond acceptors (Lipinski definition) is 6. The van der Waals surface area contributed by atoms with Crippen LogP contribution < -0.4 is 15.2 Å². The van der Waals surface area contributed by atoms with E-state index in [0.717, 1.165) is 25.9 Å². The van der Waals surface area contributed by atoms with Gasteiger partial charge in [-0.15, -0.1) is 0 Å². The lowest BCUT2D eigenvalue weighted by molar-refractivity contribution is -0.137. The van der Waals surface area contributed by atoms with Crippen LogP contribution >= 0.6 is 0 Å². The second-order valence-electron chi connectivity index (χ2n) is 9.66. The highest BCUT2D eigenvalue weighted by Crippen LogP contribution is 2.44. The summed E-state index contributed by atoms with van der Waals surface area (Å²) in [4.78, 5) is 16.9. The van der Waals surface area contributed by atoms with Crippen LogP contribution in [0.5, 0.6) is 11.5 Å². The molecule has 5 rings (SSSR count). The molecule has 2 N–H and O–H groups in total. The zero-order valence-electron chi connectivity index (χ0n) is 20.2. The lowest BCUT2D eigenvalue weighted by atomic mass is 9.78. The van der Waals surface area contributed by atoms with Gasteiger partial charge in [0.15, 0.2) is 18.1 Å². The van der Waals surface area contributed by atoms with Crippen LogP contribution in [0.4, 0.5) is 0 Å². The van der Waals surface area contributed by atoms with Crippen molar-refractivity contribution in [3.05, 3.63) is 58.7 Å². The van der Waals surface area contributed by atoms with Crippen LogP contribution in [0.1, 0.15) is 40.6 Å². The maximum absolute atomic E-state index is 12.5. The highest BCUT2D eigenvalue weighted by molar-refractivity contribution is 5.78. The number of fused-ring (bicyclic) bond motifs is 3. The molecule has 0 radical (unpaired) electrons. The summed E-state index contributed by atoms with van der Waals surface area (Å²) >= 11 is 0. The third-order valence-electron chi connectivity index (χ3n) is 7.52. The topological polar surface area (TPSA) is 77.3 Å². The Hall–Kier alpha value is -2.61. The van der Waals surface area contributed by atoms with E-state index in [1.54, 1.807) is 12.0 Å². The van der Waals surface area contributed by atoms with Gasteiger partial charge < -0.3 is 24.8 Å². The number of carbonyl (C=O) groups is 1. The minimum atomic E-state index is -0.0188. The molecule has 2 fully saturated rings. The van der Waals surface area contributed by atoms with Crippen molar-refractivity contribution in [2.45, 2.75) is 37.8 Å². The van der Waals surface area contributed by atoms with Gasteiger partial charge in [-0.25, -0.2) is 0 Å². The van der Waals surface area contributed by atoms with Crippen LogP contribution in [0.3, 0.4) is 0 Å². The fourth-order valence-corrected chi connectivity index (χ4v) is 5.63. The lowest BCUT2D eigenvalue weighted by Crippen LogP contribution is -2.49. The van der Waals surface area contributed by atoms with Gasteiger partial charge >= 0.3 is 0 Å². The van der Waals surface area contributed by atoms with Crippen molar-refractivity contribution < 1.29 is 19.0 Å². The fourth-order valence-electron chi connectivity index (χ4n) is 5.63. The molecule has 0 unspecified atom stereocenters. The van der Waals surface area contributed by atoms with Crippen LogP contribution in [0, 0.1) is 6.92 Å². The Labute approximate surface area is 201 Å². The first-order valence-corrected chi connectivity index (χ1v) is 12.3. The van der Waals surface area contributed by atoms with Gasteiger partial charge in [-0.2, -0.15) is 0 Å². The number of piperidine rings is 1. The molecule has 7 nitrogen and oxygen atoms in total. The van der Waals surface area contributed by atoms with Gasteiger partial charge in [-0.3, -0.25) is 9.69 Å². The van der Waals surface area contributed by atoms with Crippen LogP contribution in [0.25, 0.3) is 0 Å². The van der Waals surface area contributed by atoms with Gasteiger partial charge in [-0.05, 0) is 48.6 Å². The average molecular weight is 466 g/mol. The van der Waals surface area contributed by atoms with Gasteiger partial charge in [0.1, 0.15) is 0 Å². The maximum Gasteiger partial charge on any atom is 0.260 e. The zero-order valence-corrected chi connectivity index (χ0v) is 20.2. The quantitative estimate of drug-likeness (QED) is 0.732. The summed E-state index contributed by atoms with van der Waals surface area (Å²) in [5, 5.41) is 0. The van der Waals surface area contributed by atoms with Crippen LogP contribution in [-0.2, 0) is 16.0 Å². The Morgan fingerprint density at radius 3 is 2.74 bits per heavy atom. The number of benzene rings is 2. The summed E-state index contributed by atoms with van der Waals surface area (Å²) in [6.07, 6.45) is 1.85. The number of nitrogens with zero attached hydrogens (tertiary/aromatic N) is 2. The third-order valence-corrected chi connectivity index (χ3v) is 7.52. The van der Waals surface area contributed by atoms with Gasteiger partial charge in [0.25, 0.3) is 5.91 Å². The summed E-state index contributed by atoms with van der Waals surface area (Å²) in [5.41, 5.74) is 11.9. The molecule has 3 atom stereocenters. The summed E-state index contributed by atoms with van der Waals surface area (Å²) in [6, 6.07) is 13.3. The first-order chi connectivity index (χ1) is 16.5. The smallest absolute Gasteiger partial charge is 0.260 e. The molecule has 1 amide bonds. The van der Waals surface area contributed by atoms with Gasteiger partial charge in [0, 0.05) is 44.2 Å². The Balaban J connectivity index is 1.32. The zero-order chi connectivity index (χ0) is 23.7. The standard InChI is InChI=1S/C27H35N3O4/c1-18-4-3-5-19(12-18)22-16-30-7-6-20-13-26(34-17-27(31)29-8-10-33-11-9-29)25(32-2)14-21(20)24(30)15-23(22)28/h3-5,12-14,22-24H,6-11,15-17,28H2,1-2H3/t22-,23+,24+/m1/s1. The molecule has 3 aliphatic rings. The van der Waals surface area contributed by atoms with E-state index in [4.69, 9.17) is 19.9 Å². The van der Waals surface area contributed by atoms with Crippen molar-refractivity contribution in [3.63, 3.8) is 0 Å². The summed E-state index contributed by atoms with van der Waals surface area (Å²) in [7, 11) is 1.65. The minimum absolute atomic E-state index is 0.00769. The number of aryl methyl sites for hydroxylation is 1. The lowest BCUT2D eigenvalue weighted by Gasteiger charge is -2.46. The first-order valence-electron chi connectivity index (χ1n) is 12.3. The number of hydrogen-bond donors (Lipinski definition) is 1. The predicted octanol–water partition coefficient (Wildman–Crippen LogP) is 2.66. The summed E-state index contributed by atoms with van der Waals surface area (Å²) < 4.78 is 17.0. The molecule has 3 heterocycles. The van der Waals surface area contributed by atoms with Crippen molar-refractivity contribution in [3.8, 4) is 11.5 Å². The van der Waals surface area contributed by atoms with E-state index in [-0.39, 0.29) is 24.6 Å². The number of methoxy groups -OCH3 is 1. The monoisotopic (exact) mass is 465 g/mol. The van der Waals surface area contributed by atoms with Crippen molar-refractivity contribution in [1.82, 2.24) is 9.80 Å². The van der Waals surface area contributed by atoms with E-state index in [9.17, 15) is 4.79 Å². The third kappa shape index (κ3) is 4.65. The molecular formula is C27H35N3O4. The maximum atomic E-state index is 12.5. The van der Waals surface area contributed by atoms with Crippen LogP contribution in [-0.4, -0.2) is 74.9 Å². The molecule has 0 aliphatic carbocycles. The second-order valence-corrected chi connectivity index (χ2v) is 9.66. The highest BCUT2D eigenvalue weighted by atomic mass is 16.5. The van der Waals surface area contributed by atoms with Gasteiger partial charge in [-0.1, -0.05) is 29.8 Å². The number of carbonyl (C=O) groups excluding carboxylic acids is 1. The molecule has 7 heteroatoms. The molecule has 0 aromatic heterocycles. The summed E-state index contributed by atoms with van der Waals surface area (Å²) in [6.45, 7) is 6.49. The Morgan fingerprint density at radius 1 is 1.15 bits per heavy atom. The second kappa shape index (κ2) is 9.94. The van der Waals surface area contributed by atoms with Crippen molar-refractivity contribution >= 4 is 5.91 Å². The van der Waals surface area contributed by atoms with Crippen molar-refractivity contribution in [2.75, 3.05) is 53.1 Å². The van der Waals surface area contributed by atoms with Crippen molar-refractivity contribution in [2.24, 2.45) is 5.73 Å². The fraction of sp³-hybridized carbons (Fsp3) is 0.519. The van der Waals surface area contributed by atoms with E-state index in [0.29, 0.717) is 43.7 Å². The normalized spacial score (nSPS) is 24.8. The number of morpholine rings is 1. The predicted molar refractivity (Wildman–Crippen MR) is 130 cm³/mol. The van der Waals surface area contributed by atoms with E-state index < -0.39 is 0 Å². The minimum Gasteiger partial charge on any atom is -0.493 e. The molecular weight excluding hydrogens is 430 g/mol. The molecule has 0 bridgehead atoms. The largest absolute Gasteiger partial charge is 0.493 e. The number of rotatable bonds is 5. The van der Waals surface area contributed by atoms with E-state index in [1.807, 2.05) is 0 Å². The van der Waals surface area contributed by atoms with Crippen LogP contribution in [0.15, 0.2) is 36.4 Å². The van der Waals surface area contributed by atoms with E-state index in [1.165, 1.54) is 22.3 Å². The average Bonchev–Trinajstić information content (AvgIpc) is 2.86. The molecule has 2 aromatic rings. The van der Waals surface area contributed by atoms with Crippen molar-refractivity contribution in [1.29, 1.82) is 0 Å². The highest BCUT2D eigenvalue weighted by Gasteiger charge is 2.38. The van der Waals surface area contributed by atoms with Crippen LogP contribution in [0.2, 0.25) is 0 Å². The molecule has 2 aromatic carbocycles. The summed E-state index contributed by atoms with van der Waals surface area (Å²) in [5.74, 6) is 1.63. The molecule has 0 saturated carbocycles. The van der Waals surface area contributed by atoms with Gasteiger partial charge in [0.2, 0.25) is 0 Å². The Morgan fingerprint density at radius 2 is 1.97 bits per heavy atom. The number of amides is 1. The number of ether oxygens (including phenoxy) is 3. The molecule has 3 aliphatic heterocycles. The molecule has 182 valence electrons. The number of nitrogens with two attached hydrogens (primary N) is 1. The Kier molecular flexibility index (Phi) is 6.77. The first kappa shape index (κ1) is 23.1. The van der Waals surface area contributed by atoms with E-state index >= 15 is 0 Å². The molecule has 0 spiro atoms. The molecule has 2 saturated heterocycles. The van der Waals surface area contributed by atoms with E-state index in [2.05, 4.69) is 48.2 Å². The Bertz CT molecular complexity index is 1040.